The van der Waals surface area contributed by atoms with Gasteiger partial charge in [-0.15, -0.1) is 0 Å². The number of aryl methyl sites for hydroxylation is 1. The van der Waals surface area contributed by atoms with E-state index in [1.807, 2.05) is 6.07 Å². The predicted octanol–water partition coefficient (Wildman–Crippen LogP) is 2.84. The van der Waals surface area contributed by atoms with Gasteiger partial charge in [0.25, 0.3) is 5.56 Å². The first-order valence-corrected chi connectivity index (χ1v) is 7.72. The highest BCUT2D eigenvalue weighted by molar-refractivity contribution is 5.19. The lowest BCUT2D eigenvalue weighted by Crippen LogP contribution is -2.32. The summed E-state index contributed by atoms with van der Waals surface area (Å²) >= 11 is 0. The number of rotatable bonds is 7. The third-order valence-corrected chi connectivity index (χ3v) is 3.28. The molecule has 1 heterocycles. The molecule has 0 saturated heterocycles. The van der Waals surface area contributed by atoms with Gasteiger partial charge in [-0.25, -0.2) is 4.68 Å². The number of nitrogens with zero attached hydrogens (tertiary/aromatic N) is 2. The Balaban J connectivity index is 3.10. The summed E-state index contributed by atoms with van der Waals surface area (Å²) < 4.78 is 1.65. The largest absolute Gasteiger partial charge is 0.312 e. The predicted molar refractivity (Wildman–Crippen MR) is 84.1 cm³/mol. The van der Waals surface area contributed by atoms with Crippen molar-refractivity contribution in [2.24, 2.45) is 0 Å². The van der Waals surface area contributed by atoms with Crippen LogP contribution in [0.1, 0.15) is 65.1 Å². The lowest BCUT2D eigenvalue weighted by Gasteiger charge is -2.20. The van der Waals surface area contributed by atoms with Crippen LogP contribution in [-0.2, 0) is 18.5 Å². The monoisotopic (exact) mass is 279 g/mol. The summed E-state index contributed by atoms with van der Waals surface area (Å²) in [5.74, 6) is 0. The van der Waals surface area contributed by atoms with Gasteiger partial charge < -0.3 is 5.32 Å². The lowest BCUT2D eigenvalue weighted by atomic mass is 9.91. The number of nitrogens with one attached hydrogen (secondary N) is 1. The maximum atomic E-state index is 12.4. The van der Waals surface area contributed by atoms with Crippen molar-refractivity contribution >= 4 is 0 Å². The summed E-state index contributed by atoms with van der Waals surface area (Å²) in [6.07, 6.45) is 3.13. The summed E-state index contributed by atoms with van der Waals surface area (Å²) in [6.45, 7) is 12.9. The molecule has 1 N–H and O–H groups in total. The zero-order chi connectivity index (χ0) is 15.2. The van der Waals surface area contributed by atoms with Crippen LogP contribution in [0.15, 0.2) is 10.9 Å². The van der Waals surface area contributed by atoms with Crippen molar-refractivity contribution in [2.45, 2.75) is 72.4 Å². The smallest absolute Gasteiger partial charge is 0.271 e. The molecule has 4 nitrogen and oxygen atoms in total. The van der Waals surface area contributed by atoms with Gasteiger partial charge in [0.2, 0.25) is 0 Å². The molecular weight excluding hydrogens is 250 g/mol. The Morgan fingerprint density at radius 1 is 1.25 bits per heavy atom. The van der Waals surface area contributed by atoms with Gasteiger partial charge in [0.05, 0.1) is 5.69 Å². The van der Waals surface area contributed by atoms with Gasteiger partial charge in [0.15, 0.2) is 0 Å². The SMILES string of the molecule is CCCCn1nc(C(C)(C)C)cc(CNCCC)c1=O. The minimum atomic E-state index is -0.0405. The minimum absolute atomic E-state index is 0.0405. The summed E-state index contributed by atoms with van der Waals surface area (Å²) in [5.41, 5.74) is 1.83. The van der Waals surface area contributed by atoms with E-state index in [0.29, 0.717) is 13.1 Å². The molecule has 1 rings (SSSR count). The van der Waals surface area contributed by atoms with E-state index in [0.717, 1.165) is 37.1 Å². The molecule has 0 aliphatic rings. The van der Waals surface area contributed by atoms with E-state index < -0.39 is 0 Å². The van der Waals surface area contributed by atoms with Crippen molar-refractivity contribution in [1.82, 2.24) is 15.1 Å². The molecule has 0 atom stereocenters. The summed E-state index contributed by atoms with van der Waals surface area (Å²) in [5, 5.41) is 7.86. The normalized spacial score (nSPS) is 11.8. The standard InChI is InChI=1S/C16H29N3O/c1-6-8-10-19-15(20)13(12-17-9-7-2)11-14(18-19)16(3,4)5/h11,17H,6-10,12H2,1-5H3. The van der Waals surface area contributed by atoms with E-state index in [2.05, 4.69) is 45.0 Å². The third-order valence-electron chi connectivity index (χ3n) is 3.28. The summed E-state index contributed by atoms with van der Waals surface area (Å²) in [7, 11) is 0. The molecule has 0 bridgehead atoms. The van der Waals surface area contributed by atoms with E-state index in [9.17, 15) is 4.79 Å². The molecular formula is C16H29N3O. The second kappa shape index (κ2) is 7.58. The first-order chi connectivity index (χ1) is 9.40. The van der Waals surface area contributed by atoms with Crippen LogP contribution in [0.5, 0.6) is 0 Å². The Morgan fingerprint density at radius 3 is 2.50 bits per heavy atom. The molecule has 0 unspecified atom stereocenters. The number of aromatic nitrogens is 2. The second-order valence-corrected chi connectivity index (χ2v) is 6.36. The highest BCUT2D eigenvalue weighted by atomic mass is 16.1. The van der Waals surface area contributed by atoms with Crippen molar-refractivity contribution in [3.05, 3.63) is 27.7 Å². The second-order valence-electron chi connectivity index (χ2n) is 6.36. The number of hydrogen-bond acceptors (Lipinski definition) is 3. The fourth-order valence-electron chi connectivity index (χ4n) is 1.95. The Hall–Kier alpha value is -1.16. The van der Waals surface area contributed by atoms with Crippen LogP contribution in [0.25, 0.3) is 0 Å². The molecule has 0 spiro atoms. The molecule has 20 heavy (non-hydrogen) atoms. The van der Waals surface area contributed by atoms with E-state index in [1.165, 1.54) is 0 Å². The van der Waals surface area contributed by atoms with Crippen molar-refractivity contribution in [2.75, 3.05) is 6.54 Å². The van der Waals surface area contributed by atoms with Gasteiger partial charge in [0.1, 0.15) is 0 Å². The van der Waals surface area contributed by atoms with E-state index in [1.54, 1.807) is 4.68 Å². The zero-order valence-corrected chi connectivity index (χ0v) is 13.6. The topological polar surface area (TPSA) is 46.9 Å². The van der Waals surface area contributed by atoms with Gasteiger partial charge in [-0.05, 0) is 25.5 Å². The van der Waals surface area contributed by atoms with Crippen LogP contribution >= 0.6 is 0 Å². The zero-order valence-electron chi connectivity index (χ0n) is 13.6. The highest BCUT2D eigenvalue weighted by Gasteiger charge is 2.19. The average molecular weight is 279 g/mol. The minimum Gasteiger partial charge on any atom is -0.312 e. The molecule has 0 radical (unpaired) electrons. The quantitative estimate of drug-likeness (QED) is 0.781. The van der Waals surface area contributed by atoms with Crippen LogP contribution in [0.3, 0.4) is 0 Å². The van der Waals surface area contributed by atoms with Crippen LogP contribution < -0.4 is 10.9 Å². The Bertz CT molecular complexity index is 472. The van der Waals surface area contributed by atoms with Gasteiger partial charge in [-0.1, -0.05) is 41.0 Å². The van der Waals surface area contributed by atoms with Crippen LogP contribution in [-0.4, -0.2) is 16.3 Å². The van der Waals surface area contributed by atoms with Crippen LogP contribution in [0.4, 0.5) is 0 Å². The summed E-state index contributed by atoms with van der Waals surface area (Å²) in [6, 6.07) is 1.97. The molecule has 1 aromatic heterocycles. The fraction of sp³-hybridized carbons (Fsp3) is 0.750. The molecule has 4 heteroatoms. The van der Waals surface area contributed by atoms with Crippen LogP contribution in [0.2, 0.25) is 0 Å². The summed E-state index contributed by atoms with van der Waals surface area (Å²) in [4.78, 5) is 12.4. The van der Waals surface area contributed by atoms with Crippen molar-refractivity contribution in [3.63, 3.8) is 0 Å². The number of hydrogen-bond donors (Lipinski definition) is 1. The molecule has 0 fully saturated rings. The Labute approximate surface area is 122 Å². The van der Waals surface area contributed by atoms with Crippen molar-refractivity contribution < 1.29 is 0 Å². The Kier molecular flexibility index (Phi) is 6.40. The maximum Gasteiger partial charge on any atom is 0.271 e. The average Bonchev–Trinajstić information content (AvgIpc) is 2.38. The van der Waals surface area contributed by atoms with Crippen LogP contribution in [0, 0.1) is 0 Å². The maximum absolute atomic E-state index is 12.4. The molecule has 0 aliphatic carbocycles. The van der Waals surface area contributed by atoms with E-state index >= 15 is 0 Å². The molecule has 1 aromatic rings. The molecule has 0 saturated carbocycles. The molecule has 114 valence electrons. The van der Waals surface area contributed by atoms with Crippen molar-refractivity contribution in [3.8, 4) is 0 Å². The van der Waals surface area contributed by atoms with Gasteiger partial charge >= 0.3 is 0 Å². The first kappa shape index (κ1) is 16.9. The lowest BCUT2D eigenvalue weighted by molar-refractivity contribution is 0.480. The fourth-order valence-corrected chi connectivity index (χ4v) is 1.95. The van der Waals surface area contributed by atoms with Gasteiger partial charge in [-0.2, -0.15) is 5.10 Å². The Morgan fingerprint density at radius 2 is 1.95 bits per heavy atom. The van der Waals surface area contributed by atoms with Crippen molar-refractivity contribution in [1.29, 1.82) is 0 Å². The first-order valence-electron chi connectivity index (χ1n) is 7.72. The highest BCUT2D eigenvalue weighted by Crippen LogP contribution is 2.19. The molecule has 0 aromatic carbocycles. The molecule has 0 aliphatic heterocycles. The van der Waals surface area contributed by atoms with Gasteiger partial charge in [0, 0.05) is 24.1 Å². The molecule has 0 amide bonds. The van der Waals surface area contributed by atoms with E-state index in [4.69, 9.17) is 0 Å². The van der Waals surface area contributed by atoms with Gasteiger partial charge in [-0.3, -0.25) is 4.79 Å². The van der Waals surface area contributed by atoms with E-state index in [-0.39, 0.29) is 11.0 Å². The number of unbranched alkanes of at least 4 members (excludes halogenated alkanes) is 1. The third kappa shape index (κ3) is 4.75.